The molecule has 0 bridgehead atoms. The summed E-state index contributed by atoms with van der Waals surface area (Å²) in [6.45, 7) is 2.02. The molecule has 1 aromatic carbocycles. The molecular formula is C13H16F3N. The standard InChI is InChI=1S/C13H16F3N/c1-2-17-12(11-8-9-11,13(14,15)16)10-6-4-3-5-7-10/h3-7,11,17H,2,8-9H2,1H3. The largest absolute Gasteiger partial charge is 0.411 e. The molecule has 1 aromatic rings. The monoisotopic (exact) mass is 243 g/mol. The molecule has 1 atom stereocenters. The van der Waals surface area contributed by atoms with Gasteiger partial charge in [-0.05, 0) is 30.9 Å². The lowest BCUT2D eigenvalue weighted by Gasteiger charge is -2.37. The number of rotatable bonds is 4. The van der Waals surface area contributed by atoms with Crippen LogP contribution >= 0.6 is 0 Å². The van der Waals surface area contributed by atoms with E-state index in [1.165, 1.54) is 0 Å². The van der Waals surface area contributed by atoms with Gasteiger partial charge in [0.2, 0.25) is 0 Å². The van der Waals surface area contributed by atoms with Crippen molar-refractivity contribution in [1.29, 1.82) is 0 Å². The Bertz CT molecular complexity index is 370. The highest BCUT2D eigenvalue weighted by molar-refractivity contribution is 5.29. The number of nitrogens with one attached hydrogen (secondary N) is 1. The third-order valence-corrected chi connectivity index (χ3v) is 3.32. The fourth-order valence-electron chi connectivity index (χ4n) is 2.47. The zero-order chi connectivity index (χ0) is 12.5. The van der Waals surface area contributed by atoms with Crippen LogP contribution in [0.5, 0.6) is 0 Å². The first-order valence-electron chi connectivity index (χ1n) is 5.89. The van der Waals surface area contributed by atoms with Crippen LogP contribution in [0.4, 0.5) is 13.2 Å². The molecule has 0 saturated heterocycles. The topological polar surface area (TPSA) is 12.0 Å². The van der Waals surface area contributed by atoms with Crippen LogP contribution in [0, 0.1) is 5.92 Å². The van der Waals surface area contributed by atoms with Crippen molar-refractivity contribution < 1.29 is 13.2 Å². The highest BCUT2D eigenvalue weighted by atomic mass is 19.4. The molecule has 0 aliphatic heterocycles. The molecule has 1 unspecified atom stereocenters. The summed E-state index contributed by atoms with van der Waals surface area (Å²) in [6.07, 6.45) is -2.98. The van der Waals surface area contributed by atoms with Gasteiger partial charge in [0.25, 0.3) is 0 Å². The van der Waals surface area contributed by atoms with E-state index in [-0.39, 0.29) is 5.92 Å². The highest BCUT2D eigenvalue weighted by Crippen LogP contribution is 2.54. The Labute approximate surface area is 99.0 Å². The first-order chi connectivity index (χ1) is 8.02. The third kappa shape index (κ3) is 2.06. The Kier molecular flexibility index (Phi) is 3.17. The maximum absolute atomic E-state index is 13.5. The lowest BCUT2D eigenvalue weighted by atomic mass is 9.84. The minimum Gasteiger partial charge on any atom is -0.300 e. The molecule has 0 amide bonds. The second-order valence-electron chi connectivity index (χ2n) is 4.48. The van der Waals surface area contributed by atoms with E-state index in [4.69, 9.17) is 0 Å². The smallest absolute Gasteiger partial charge is 0.300 e. The maximum atomic E-state index is 13.5. The maximum Gasteiger partial charge on any atom is 0.411 e. The molecule has 1 aliphatic rings. The molecule has 1 aliphatic carbocycles. The molecule has 4 heteroatoms. The van der Waals surface area contributed by atoms with E-state index in [1.54, 1.807) is 37.3 Å². The zero-order valence-electron chi connectivity index (χ0n) is 9.72. The van der Waals surface area contributed by atoms with Crippen molar-refractivity contribution >= 4 is 0 Å². The Hall–Kier alpha value is -1.03. The number of hydrogen-bond donors (Lipinski definition) is 1. The molecule has 0 radical (unpaired) electrons. The quantitative estimate of drug-likeness (QED) is 0.853. The summed E-state index contributed by atoms with van der Waals surface area (Å²) < 4.78 is 40.4. The van der Waals surface area contributed by atoms with Crippen molar-refractivity contribution in [2.75, 3.05) is 6.54 Å². The number of hydrogen-bond acceptors (Lipinski definition) is 1. The van der Waals surface area contributed by atoms with Gasteiger partial charge in [-0.1, -0.05) is 37.3 Å². The van der Waals surface area contributed by atoms with Gasteiger partial charge in [0.1, 0.15) is 5.54 Å². The average molecular weight is 243 g/mol. The lowest BCUT2D eigenvalue weighted by molar-refractivity contribution is -0.208. The molecule has 1 N–H and O–H groups in total. The molecule has 0 aromatic heterocycles. The SMILES string of the molecule is CCNC(c1ccccc1)(C1CC1)C(F)(F)F. The van der Waals surface area contributed by atoms with Crippen molar-refractivity contribution in [2.24, 2.45) is 5.92 Å². The van der Waals surface area contributed by atoms with Crippen LogP contribution in [0.2, 0.25) is 0 Å². The molecule has 1 nitrogen and oxygen atoms in total. The molecular weight excluding hydrogens is 227 g/mol. The number of halogens is 3. The van der Waals surface area contributed by atoms with Gasteiger partial charge in [-0.3, -0.25) is 5.32 Å². The van der Waals surface area contributed by atoms with Gasteiger partial charge >= 0.3 is 6.18 Å². The van der Waals surface area contributed by atoms with Crippen molar-refractivity contribution in [1.82, 2.24) is 5.32 Å². The molecule has 17 heavy (non-hydrogen) atoms. The van der Waals surface area contributed by atoms with Crippen molar-refractivity contribution in [3.63, 3.8) is 0 Å². The zero-order valence-corrected chi connectivity index (χ0v) is 9.72. The van der Waals surface area contributed by atoms with E-state index in [9.17, 15) is 13.2 Å². The van der Waals surface area contributed by atoms with Crippen LogP contribution in [0.3, 0.4) is 0 Å². The molecule has 94 valence electrons. The summed E-state index contributed by atoms with van der Waals surface area (Å²) in [7, 11) is 0. The predicted octanol–water partition coefficient (Wildman–Crippen LogP) is 3.46. The van der Waals surface area contributed by atoms with Gasteiger partial charge in [0.05, 0.1) is 0 Å². The Morgan fingerprint density at radius 3 is 2.18 bits per heavy atom. The van der Waals surface area contributed by atoms with E-state index < -0.39 is 11.7 Å². The van der Waals surface area contributed by atoms with Gasteiger partial charge in [-0.15, -0.1) is 0 Å². The van der Waals surface area contributed by atoms with E-state index >= 15 is 0 Å². The van der Waals surface area contributed by atoms with Gasteiger partial charge < -0.3 is 0 Å². The van der Waals surface area contributed by atoms with Gasteiger partial charge in [0, 0.05) is 0 Å². The Morgan fingerprint density at radius 2 is 1.76 bits per heavy atom. The summed E-state index contributed by atoms with van der Waals surface area (Å²) >= 11 is 0. The second kappa shape index (κ2) is 4.33. The fourth-order valence-corrected chi connectivity index (χ4v) is 2.47. The second-order valence-corrected chi connectivity index (χ2v) is 4.48. The van der Waals surface area contributed by atoms with E-state index in [0.29, 0.717) is 24.9 Å². The van der Waals surface area contributed by atoms with Crippen molar-refractivity contribution in [3.05, 3.63) is 35.9 Å². The summed E-state index contributed by atoms with van der Waals surface area (Å²) in [6, 6.07) is 8.19. The first kappa shape index (κ1) is 12.4. The fraction of sp³-hybridized carbons (Fsp3) is 0.538. The van der Waals surface area contributed by atoms with Crippen LogP contribution in [0.25, 0.3) is 0 Å². The van der Waals surface area contributed by atoms with Crippen LogP contribution in [-0.2, 0) is 5.54 Å². The van der Waals surface area contributed by atoms with Gasteiger partial charge in [-0.25, -0.2) is 0 Å². The normalized spacial score (nSPS) is 20.0. The number of alkyl halides is 3. The van der Waals surface area contributed by atoms with Crippen LogP contribution in [0.1, 0.15) is 25.3 Å². The Morgan fingerprint density at radius 1 is 1.18 bits per heavy atom. The first-order valence-corrected chi connectivity index (χ1v) is 5.89. The minimum atomic E-state index is -4.26. The molecule has 1 fully saturated rings. The van der Waals surface area contributed by atoms with Crippen molar-refractivity contribution in [3.8, 4) is 0 Å². The number of benzene rings is 1. The van der Waals surface area contributed by atoms with E-state index in [1.807, 2.05) is 0 Å². The van der Waals surface area contributed by atoms with Crippen molar-refractivity contribution in [2.45, 2.75) is 31.5 Å². The van der Waals surface area contributed by atoms with Crippen LogP contribution in [0.15, 0.2) is 30.3 Å². The molecule has 2 rings (SSSR count). The van der Waals surface area contributed by atoms with Crippen LogP contribution in [-0.4, -0.2) is 12.7 Å². The third-order valence-electron chi connectivity index (χ3n) is 3.32. The van der Waals surface area contributed by atoms with Gasteiger partial charge in [-0.2, -0.15) is 13.2 Å². The minimum absolute atomic E-state index is 0.310. The van der Waals surface area contributed by atoms with Crippen LogP contribution < -0.4 is 5.32 Å². The summed E-state index contributed by atoms with van der Waals surface area (Å²) in [5.41, 5.74) is -1.53. The van der Waals surface area contributed by atoms with E-state index in [2.05, 4.69) is 5.32 Å². The molecule has 0 spiro atoms. The lowest BCUT2D eigenvalue weighted by Crippen LogP contribution is -2.55. The predicted molar refractivity (Wildman–Crippen MR) is 60.6 cm³/mol. The average Bonchev–Trinajstić information content (AvgIpc) is 3.09. The highest BCUT2D eigenvalue weighted by Gasteiger charge is 2.62. The van der Waals surface area contributed by atoms with E-state index in [0.717, 1.165) is 0 Å². The Balaban J connectivity index is 2.48. The summed E-state index contributed by atoms with van der Waals surface area (Å²) in [4.78, 5) is 0. The molecule has 1 saturated carbocycles. The summed E-state index contributed by atoms with van der Waals surface area (Å²) in [5.74, 6) is -0.329. The summed E-state index contributed by atoms with van der Waals surface area (Å²) in [5, 5.41) is 2.69. The molecule has 0 heterocycles. The van der Waals surface area contributed by atoms with Gasteiger partial charge in [0.15, 0.2) is 0 Å².